The van der Waals surface area contributed by atoms with Crippen LogP contribution in [0.3, 0.4) is 0 Å². The molecule has 1 aliphatic heterocycles. The lowest BCUT2D eigenvalue weighted by Crippen LogP contribution is -2.18. The lowest BCUT2D eigenvalue weighted by Gasteiger charge is -2.17. The van der Waals surface area contributed by atoms with Gasteiger partial charge in [0.1, 0.15) is 13.2 Å². The number of carbonyl (C=O) groups excluding carboxylic acids is 1. The minimum atomic E-state index is -0.529. The first-order chi connectivity index (χ1) is 13.4. The van der Waals surface area contributed by atoms with Gasteiger partial charge in [-0.25, -0.2) is 4.98 Å². The number of fused-ring (bicyclic) bond motifs is 2. The lowest BCUT2D eigenvalue weighted by molar-refractivity contribution is -0.384. The van der Waals surface area contributed by atoms with Gasteiger partial charge in [-0.3, -0.25) is 20.2 Å². The standard InChI is InChI=1S/C18H16N4O5S/c1-21(2)13-4-3-10(22(24)25)7-11(13)17(23)20-18-19-12-8-14-15(9-16(12)28-18)27-6-5-26-14/h3-4,7-9H,5-6H2,1-2H3,(H,19,20,23). The van der Waals surface area contributed by atoms with Crippen molar-refractivity contribution in [1.82, 2.24) is 4.98 Å². The van der Waals surface area contributed by atoms with Gasteiger partial charge in [-0.1, -0.05) is 11.3 Å². The zero-order valence-electron chi connectivity index (χ0n) is 15.1. The van der Waals surface area contributed by atoms with Crippen molar-refractivity contribution in [3.63, 3.8) is 0 Å². The number of rotatable bonds is 4. The fourth-order valence-corrected chi connectivity index (χ4v) is 3.76. The number of thiazole rings is 1. The minimum absolute atomic E-state index is 0.151. The molecular formula is C18H16N4O5S. The van der Waals surface area contributed by atoms with Gasteiger partial charge < -0.3 is 14.4 Å². The fourth-order valence-electron chi connectivity index (χ4n) is 2.89. The first kappa shape index (κ1) is 18.0. The summed E-state index contributed by atoms with van der Waals surface area (Å²) < 4.78 is 12.0. The predicted octanol–water partition coefficient (Wildman–Crippen LogP) is 3.29. The third-order valence-electron chi connectivity index (χ3n) is 4.19. The van der Waals surface area contributed by atoms with Gasteiger partial charge in [0.15, 0.2) is 16.6 Å². The number of anilines is 2. The lowest BCUT2D eigenvalue weighted by atomic mass is 10.1. The Hall–Kier alpha value is -3.40. The second-order valence-electron chi connectivity index (χ2n) is 6.29. The molecule has 0 atom stereocenters. The Morgan fingerprint density at radius 3 is 2.61 bits per heavy atom. The van der Waals surface area contributed by atoms with Gasteiger partial charge >= 0.3 is 0 Å². The van der Waals surface area contributed by atoms with Gasteiger partial charge in [0.2, 0.25) is 0 Å². The van der Waals surface area contributed by atoms with Crippen molar-refractivity contribution >= 4 is 44.0 Å². The molecule has 0 aliphatic carbocycles. The molecule has 2 aromatic carbocycles. The van der Waals surface area contributed by atoms with Gasteiger partial charge in [0.25, 0.3) is 11.6 Å². The maximum atomic E-state index is 12.8. The van der Waals surface area contributed by atoms with Crippen LogP contribution in [0.1, 0.15) is 10.4 Å². The summed E-state index contributed by atoms with van der Waals surface area (Å²) in [5.41, 5.74) is 1.30. The summed E-state index contributed by atoms with van der Waals surface area (Å²) in [5, 5.41) is 14.2. The molecule has 1 aromatic heterocycles. The summed E-state index contributed by atoms with van der Waals surface area (Å²) in [5.74, 6) is 0.799. The summed E-state index contributed by atoms with van der Waals surface area (Å²) in [6.45, 7) is 0.966. The van der Waals surface area contributed by atoms with E-state index in [2.05, 4.69) is 10.3 Å². The number of non-ortho nitro benzene ring substituents is 1. The zero-order valence-corrected chi connectivity index (χ0v) is 15.9. The summed E-state index contributed by atoms with van der Waals surface area (Å²) in [6, 6.07) is 7.78. The second-order valence-corrected chi connectivity index (χ2v) is 7.32. The third kappa shape index (κ3) is 3.29. The van der Waals surface area contributed by atoms with E-state index in [1.54, 1.807) is 31.1 Å². The molecule has 0 unspecified atom stereocenters. The van der Waals surface area contributed by atoms with E-state index in [0.717, 1.165) is 4.70 Å². The maximum Gasteiger partial charge on any atom is 0.270 e. The number of ether oxygens (including phenoxy) is 2. The number of hydrogen-bond acceptors (Lipinski definition) is 8. The Morgan fingerprint density at radius 1 is 1.21 bits per heavy atom. The molecule has 0 radical (unpaired) electrons. The maximum absolute atomic E-state index is 12.8. The minimum Gasteiger partial charge on any atom is -0.486 e. The normalized spacial score (nSPS) is 12.6. The molecule has 0 saturated carbocycles. The average molecular weight is 400 g/mol. The number of amides is 1. The molecule has 10 heteroatoms. The first-order valence-electron chi connectivity index (χ1n) is 8.39. The van der Waals surface area contributed by atoms with Crippen molar-refractivity contribution < 1.29 is 19.2 Å². The smallest absolute Gasteiger partial charge is 0.270 e. The molecule has 144 valence electrons. The van der Waals surface area contributed by atoms with Crippen LogP contribution in [0, 0.1) is 10.1 Å². The van der Waals surface area contributed by atoms with E-state index in [0.29, 0.717) is 41.0 Å². The average Bonchev–Trinajstić information content (AvgIpc) is 3.06. The monoisotopic (exact) mass is 400 g/mol. The molecule has 3 aromatic rings. The topological polar surface area (TPSA) is 107 Å². The van der Waals surface area contributed by atoms with Crippen LogP contribution in [0.2, 0.25) is 0 Å². The van der Waals surface area contributed by atoms with E-state index < -0.39 is 10.8 Å². The van der Waals surface area contributed by atoms with Crippen LogP contribution in [-0.4, -0.2) is 43.1 Å². The Bertz CT molecular complexity index is 1050. The molecule has 0 bridgehead atoms. The molecule has 1 amide bonds. The van der Waals surface area contributed by atoms with Gasteiger partial charge in [0.05, 0.1) is 20.7 Å². The summed E-state index contributed by atoms with van der Waals surface area (Å²) in [6.07, 6.45) is 0. The Morgan fingerprint density at radius 2 is 1.93 bits per heavy atom. The van der Waals surface area contributed by atoms with Crippen LogP contribution < -0.4 is 19.7 Å². The van der Waals surface area contributed by atoms with Crippen LogP contribution in [0.25, 0.3) is 10.2 Å². The summed E-state index contributed by atoms with van der Waals surface area (Å²) >= 11 is 1.29. The highest BCUT2D eigenvalue weighted by atomic mass is 32.1. The van der Waals surface area contributed by atoms with Crippen molar-refractivity contribution in [1.29, 1.82) is 0 Å². The van der Waals surface area contributed by atoms with Crippen LogP contribution in [0.15, 0.2) is 30.3 Å². The van der Waals surface area contributed by atoms with E-state index in [1.807, 2.05) is 6.07 Å². The predicted molar refractivity (Wildman–Crippen MR) is 106 cm³/mol. The number of nitro groups is 1. The van der Waals surface area contributed by atoms with E-state index in [-0.39, 0.29) is 11.3 Å². The first-order valence-corrected chi connectivity index (χ1v) is 9.21. The Labute approximate surface area is 163 Å². The summed E-state index contributed by atoms with van der Waals surface area (Å²) in [7, 11) is 3.53. The van der Waals surface area contributed by atoms with Crippen LogP contribution in [-0.2, 0) is 0 Å². The van der Waals surface area contributed by atoms with E-state index >= 15 is 0 Å². The number of carbonyl (C=O) groups is 1. The van der Waals surface area contributed by atoms with Crippen molar-refractivity contribution in [2.45, 2.75) is 0 Å². The number of benzene rings is 2. The molecule has 28 heavy (non-hydrogen) atoms. The number of nitro benzene ring substituents is 1. The third-order valence-corrected chi connectivity index (χ3v) is 5.12. The van der Waals surface area contributed by atoms with Gasteiger partial charge in [-0.2, -0.15) is 0 Å². The molecule has 9 nitrogen and oxygen atoms in total. The molecule has 0 spiro atoms. The molecule has 1 aliphatic rings. The fraction of sp³-hybridized carbons (Fsp3) is 0.222. The van der Waals surface area contributed by atoms with Gasteiger partial charge in [-0.05, 0) is 6.07 Å². The largest absolute Gasteiger partial charge is 0.486 e. The van der Waals surface area contributed by atoms with Crippen LogP contribution >= 0.6 is 11.3 Å². The number of aromatic nitrogens is 1. The summed E-state index contributed by atoms with van der Waals surface area (Å²) in [4.78, 5) is 29.5. The number of nitrogens with one attached hydrogen (secondary N) is 1. The second kappa shape index (κ2) is 6.97. The van der Waals surface area contributed by atoms with Crippen molar-refractivity contribution in [3.05, 3.63) is 46.0 Å². The highest BCUT2D eigenvalue weighted by Crippen LogP contribution is 2.38. The molecular weight excluding hydrogens is 384 g/mol. The highest BCUT2D eigenvalue weighted by molar-refractivity contribution is 7.22. The van der Waals surface area contributed by atoms with Crippen molar-refractivity contribution in [2.24, 2.45) is 0 Å². The van der Waals surface area contributed by atoms with E-state index in [4.69, 9.17) is 9.47 Å². The zero-order chi connectivity index (χ0) is 19.8. The van der Waals surface area contributed by atoms with Gasteiger partial charge in [0, 0.05) is 44.0 Å². The quantitative estimate of drug-likeness (QED) is 0.529. The SMILES string of the molecule is CN(C)c1ccc([N+](=O)[O-])cc1C(=O)Nc1nc2cc3c(cc2s1)OCCO3. The molecule has 4 rings (SSSR count). The Balaban J connectivity index is 1.66. The number of hydrogen-bond donors (Lipinski definition) is 1. The van der Waals surface area contributed by atoms with E-state index in [1.165, 1.54) is 23.5 Å². The van der Waals surface area contributed by atoms with Crippen LogP contribution in [0.5, 0.6) is 11.5 Å². The van der Waals surface area contributed by atoms with Crippen LogP contribution in [0.4, 0.5) is 16.5 Å². The molecule has 0 fully saturated rings. The molecule has 2 heterocycles. The number of nitrogens with zero attached hydrogens (tertiary/aromatic N) is 3. The molecule has 1 N–H and O–H groups in total. The van der Waals surface area contributed by atoms with Gasteiger partial charge in [-0.15, -0.1) is 0 Å². The highest BCUT2D eigenvalue weighted by Gasteiger charge is 2.20. The van der Waals surface area contributed by atoms with Crippen molar-refractivity contribution in [2.75, 3.05) is 37.5 Å². The molecule has 0 saturated heterocycles. The van der Waals surface area contributed by atoms with Crippen molar-refractivity contribution in [3.8, 4) is 11.5 Å². The van der Waals surface area contributed by atoms with E-state index in [9.17, 15) is 14.9 Å². The Kier molecular flexibility index (Phi) is 4.47.